The molecule has 0 amide bonds. The number of rotatable bonds is 11. The van der Waals surface area contributed by atoms with Crippen LogP contribution in [0.4, 0.5) is 0 Å². The topological polar surface area (TPSA) is 129 Å². The maximum atomic E-state index is 14.0. The largest absolute Gasteiger partial charge is 1.00 e. The number of hydrogen-bond acceptors (Lipinski definition) is 11. The number of carboxylic acids is 1. The molecule has 0 spiro atoms. The predicted molar refractivity (Wildman–Crippen MR) is 143 cm³/mol. The van der Waals surface area contributed by atoms with Crippen molar-refractivity contribution in [1.82, 2.24) is 8.75 Å². The molecule has 4 rings (SSSR count). The van der Waals surface area contributed by atoms with Crippen LogP contribution < -0.4 is 58.3 Å². The SMILES string of the molecule is COc1ccc(C(=O)/C(Cc2cc(OC)c(OC)c(OC)c2)=C(/C(=O)[O-])c2ccc3nsnc3c2)cc1OC.[Na+]. The van der Waals surface area contributed by atoms with Crippen molar-refractivity contribution in [1.29, 1.82) is 0 Å². The molecule has 0 saturated heterocycles. The second-order valence-corrected chi connectivity index (χ2v) is 8.75. The minimum atomic E-state index is -1.52. The maximum Gasteiger partial charge on any atom is 1.00 e. The number of allylic oxidation sites excluding steroid dienone is 1. The first-order valence-corrected chi connectivity index (χ1v) is 12.3. The van der Waals surface area contributed by atoms with Crippen LogP contribution in [0.15, 0.2) is 54.1 Å². The molecule has 1 aromatic heterocycles. The van der Waals surface area contributed by atoms with Gasteiger partial charge in [0.05, 0.1) is 53.2 Å². The van der Waals surface area contributed by atoms with E-state index in [4.69, 9.17) is 23.7 Å². The van der Waals surface area contributed by atoms with Gasteiger partial charge in [0, 0.05) is 23.1 Å². The average molecular weight is 573 g/mol. The van der Waals surface area contributed by atoms with Gasteiger partial charge < -0.3 is 33.6 Å². The summed E-state index contributed by atoms with van der Waals surface area (Å²) in [6.07, 6.45) is -0.0967. The van der Waals surface area contributed by atoms with Gasteiger partial charge in [-0.25, -0.2) is 0 Å². The van der Waals surface area contributed by atoms with Crippen molar-refractivity contribution >= 4 is 40.1 Å². The van der Waals surface area contributed by atoms with Crippen molar-refractivity contribution in [2.75, 3.05) is 35.5 Å². The van der Waals surface area contributed by atoms with E-state index in [1.165, 1.54) is 41.6 Å². The third-order valence-corrected chi connectivity index (χ3v) is 6.63. The monoisotopic (exact) mass is 572 g/mol. The fourth-order valence-electron chi connectivity index (χ4n) is 4.23. The number of carboxylic acid groups (broad SMARTS) is 1. The summed E-state index contributed by atoms with van der Waals surface area (Å²) in [5.74, 6) is -0.243. The van der Waals surface area contributed by atoms with Crippen molar-refractivity contribution in [2.45, 2.75) is 6.42 Å². The van der Waals surface area contributed by atoms with Crippen LogP contribution >= 0.6 is 11.7 Å². The molecule has 10 nitrogen and oxygen atoms in total. The number of aliphatic carboxylic acids is 1. The second kappa shape index (κ2) is 13.6. The molecule has 0 atom stereocenters. The standard InChI is InChI=1S/C28H26N2O8S.Na/c1-34-21-9-7-17(14-22(21)35-2)26(31)18(10-15-11-23(36-3)27(38-5)24(12-15)37-4)25(28(32)33)16-6-8-19-20(13-16)30-39-29-19;/h6-9,11-14H,10H2,1-5H3,(H,32,33);/q;+1/p-1/b25-18+;. The van der Waals surface area contributed by atoms with Gasteiger partial charge in [-0.05, 0) is 53.6 Å². The van der Waals surface area contributed by atoms with Crippen molar-refractivity contribution in [3.8, 4) is 28.7 Å². The van der Waals surface area contributed by atoms with Gasteiger partial charge in [-0.3, -0.25) is 4.79 Å². The molecule has 0 aliphatic carbocycles. The molecule has 0 N–H and O–H groups in total. The van der Waals surface area contributed by atoms with E-state index in [0.717, 1.165) is 11.7 Å². The van der Waals surface area contributed by atoms with E-state index >= 15 is 0 Å². The molecule has 0 aliphatic rings. The summed E-state index contributed by atoms with van der Waals surface area (Å²) in [4.78, 5) is 26.7. The van der Waals surface area contributed by atoms with Crippen LogP contribution in [-0.2, 0) is 11.2 Å². The molecule has 0 fully saturated rings. The van der Waals surface area contributed by atoms with Crippen LogP contribution in [0.3, 0.4) is 0 Å². The summed E-state index contributed by atoms with van der Waals surface area (Å²) >= 11 is 1.00. The molecule has 0 radical (unpaired) electrons. The Morgan fingerprint density at radius 2 is 1.32 bits per heavy atom. The molecule has 0 unspecified atom stereocenters. The van der Waals surface area contributed by atoms with Crippen molar-refractivity contribution < 1.29 is 67.9 Å². The average Bonchev–Trinajstić information content (AvgIpc) is 3.43. The third kappa shape index (κ3) is 6.23. The van der Waals surface area contributed by atoms with E-state index in [1.54, 1.807) is 42.5 Å². The Bertz CT molecular complexity index is 1560. The van der Waals surface area contributed by atoms with Gasteiger partial charge in [-0.1, -0.05) is 6.07 Å². The molecule has 0 bridgehead atoms. The van der Waals surface area contributed by atoms with E-state index < -0.39 is 11.8 Å². The number of carbonyl (C=O) groups is 2. The van der Waals surface area contributed by atoms with Gasteiger partial charge in [-0.15, -0.1) is 0 Å². The number of aromatic nitrogens is 2. The van der Waals surface area contributed by atoms with Crippen LogP contribution in [0.1, 0.15) is 21.5 Å². The first-order chi connectivity index (χ1) is 18.8. The summed E-state index contributed by atoms with van der Waals surface area (Å²) in [6.45, 7) is 0. The number of hydrogen-bond donors (Lipinski definition) is 0. The van der Waals surface area contributed by atoms with Crippen LogP contribution in [-0.4, -0.2) is 56.0 Å². The molecule has 1 heterocycles. The minimum absolute atomic E-state index is 0. The Morgan fingerprint density at radius 1 is 0.725 bits per heavy atom. The number of ether oxygens (including phenoxy) is 5. The number of nitrogens with zero attached hydrogens (tertiary/aromatic N) is 2. The molecular weight excluding hydrogens is 547 g/mol. The number of fused-ring (bicyclic) bond motifs is 1. The normalized spacial score (nSPS) is 11.2. The summed E-state index contributed by atoms with van der Waals surface area (Å²) in [5, 5.41) is 12.6. The molecule has 4 aromatic rings. The smallest absolute Gasteiger partial charge is 0.545 e. The van der Waals surface area contributed by atoms with E-state index in [-0.39, 0.29) is 58.3 Å². The van der Waals surface area contributed by atoms with Gasteiger partial charge in [0.2, 0.25) is 5.75 Å². The number of Topliss-reactive ketones (excluding diaryl/α,β-unsaturated/α-hetero) is 1. The first-order valence-electron chi connectivity index (χ1n) is 11.6. The molecule has 3 aromatic carbocycles. The summed E-state index contributed by atoms with van der Waals surface area (Å²) in [5.41, 5.74) is 1.80. The third-order valence-electron chi connectivity index (χ3n) is 6.07. The van der Waals surface area contributed by atoms with Gasteiger partial charge in [0.25, 0.3) is 0 Å². The number of methoxy groups -OCH3 is 5. The van der Waals surface area contributed by atoms with Gasteiger partial charge in [0.15, 0.2) is 28.8 Å². The van der Waals surface area contributed by atoms with Crippen LogP contribution in [0.5, 0.6) is 28.7 Å². The van der Waals surface area contributed by atoms with E-state index in [1.807, 2.05) is 0 Å². The molecule has 0 saturated carbocycles. The molecule has 40 heavy (non-hydrogen) atoms. The molecule has 12 heteroatoms. The maximum absolute atomic E-state index is 14.0. The van der Waals surface area contributed by atoms with Gasteiger partial charge in [-0.2, -0.15) is 8.75 Å². The Labute approximate surface area is 257 Å². The number of ketones is 1. The molecule has 202 valence electrons. The Hall–Kier alpha value is -3.64. The van der Waals surface area contributed by atoms with Gasteiger partial charge >= 0.3 is 29.6 Å². The number of carbonyl (C=O) groups excluding carboxylic acids is 2. The molecule has 0 aliphatic heterocycles. The van der Waals surface area contributed by atoms with Crippen LogP contribution in [0.2, 0.25) is 0 Å². The summed E-state index contributed by atoms with van der Waals surface area (Å²) in [6, 6.07) is 12.7. The van der Waals surface area contributed by atoms with E-state index in [9.17, 15) is 14.7 Å². The summed E-state index contributed by atoms with van der Waals surface area (Å²) in [7, 11) is 7.34. The van der Waals surface area contributed by atoms with Gasteiger partial charge in [0.1, 0.15) is 11.0 Å². The van der Waals surface area contributed by atoms with Crippen molar-refractivity contribution in [2.24, 2.45) is 0 Å². The predicted octanol–water partition coefficient (Wildman–Crippen LogP) is 0.367. The minimum Gasteiger partial charge on any atom is -0.545 e. The Balaban J connectivity index is 0.00000441. The van der Waals surface area contributed by atoms with Crippen molar-refractivity contribution in [3.63, 3.8) is 0 Å². The summed E-state index contributed by atoms with van der Waals surface area (Å²) < 4.78 is 35.3. The Kier molecular flexibility index (Phi) is 10.5. The zero-order chi connectivity index (χ0) is 28.1. The number of benzene rings is 3. The fourth-order valence-corrected chi connectivity index (χ4v) is 4.75. The first kappa shape index (κ1) is 30.9. The zero-order valence-corrected chi connectivity index (χ0v) is 25.7. The van der Waals surface area contributed by atoms with E-state index in [0.29, 0.717) is 45.3 Å². The molecular formula is C28H25N2NaO8S. The fraction of sp³-hybridized carbons (Fsp3) is 0.214. The second-order valence-electron chi connectivity index (χ2n) is 8.22. The van der Waals surface area contributed by atoms with Crippen molar-refractivity contribution in [3.05, 3.63) is 70.8 Å². The quantitative estimate of drug-likeness (QED) is 0.141. The zero-order valence-electron chi connectivity index (χ0n) is 22.9. The van der Waals surface area contributed by atoms with Crippen LogP contribution in [0.25, 0.3) is 16.6 Å². The Morgan fingerprint density at radius 3 is 1.90 bits per heavy atom. The van der Waals surface area contributed by atoms with Crippen LogP contribution in [0, 0.1) is 0 Å². The van der Waals surface area contributed by atoms with E-state index in [2.05, 4.69) is 8.75 Å².